The predicted octanol–water partition coefficient (Wildman–Crippen LogP) is 3.07. The predicted molar refractivity (Wildman–Crippen MR) is 78.8 cm³/mol. The highest BCUT2D eigenvalue weighted by Crippen LogP contribution is 2.38. The van der Waals surface area contributed by atoms with E-state index in [-0.39, 0.29) is 12.1 Å². The lowest BCUT2D eigenvalue weighted by Gasteiger charge is -2.33. The lowest BCUT2D eigenvalue weighted by atomic mass is 9.94. The van der Waals surface area contributed by atoms with Gasteiger partial charge in [-0.05, 0) is 63.8 Å². The van der Waals surface area contributed by atoms with Crippen molar-refractivity contribution >= 4 is 5.69 Å². The zero-order chi connectivity index (χ0) is 13.9. The minimum atomic E-state index is 0.160. The van der Waals surface area contributed by atoms with Crippen LogP contribution in [0.2, 0.25) is 0 Å². The molecule has 0 saturated carbocycles. The van der Waals surface area contributed by atoms with Crippen molar-refractivity contribution in [1.82, 2.24) is 0 Å². The van der Waals surface area contributed by atoms with E-state index in [2.05, 4.69) is 30.9 Å². The summed E-state index contributed by atoms with van der Waals surface area (Å²) in [6.07, 6.45) is 2.04. The molecule has 0 radical (unpaired) electrons. The van der Waals surface area contributed by atoms with E-state index in [4.69, 9.17) is 9.84 Å². The number of aliphatic hydroxyl groups excluding tert-OH is 1. The maximum absolute atomic E-state index is 9.11. The Bertz CT molecular complexity index is 400. The van der Waals surface area contributed by atoms with Gasteiger partial charge in [0, 0.05) is 24.4 Å². The van der Waals surface area contributed by atoms with E-state index < -0.39 is 0 Å². The van der Waals surface area contributed by atoms with Gasteiger partial charge in [-0.1, -0.05) is 0 Å². The van der Waals surface area contributed by atoms with Gasteiger partial charge in [0.2, 0.25) is 0 Å². The van der Waals surface area contributed by atoms with Gasteiger partial charge in [0.15, 0.2) is 0 Å². The lowest BCUT2D eigenvalue weighted by molar-refractivity contribution is 0.259. The number of rotatable bonds is 5. The van der Waals surface area contributed by atoms with E-state index in [9.17, 15) is 0 Å². The number of ether oxygens (including phenoxy) is 1. The molecule has 0 spiro atoms. The van der Waals surface area contributed by atoms with Crippen molar-refractivity contribution in [2.45, 2.75) is 39.2 Å². The van der Waals surface area contributed by atoms with Crippen molar-refractivity contribution < 1.29 is 9.84 Å². The van der Waals surface area contributed by atoms with E-state index in [0.717, 1.165) is 25.1 Å². The number of hydrogen-bond donors (Lipinski definition) is 1. The summed E-state index contributed by atoms with van der Waals surface area (Å²) in [5, 5.41) is 9.11. The number of benzene rings is 1. The molecule has 1 aliphatic rings. The molecule has 0 aromatic heterocycles. The first-order valence-corrected chi connectivity index (χ1v) is 7.18. The van der Waals surface area contributed by atoms with Gasteiger partial charge >= 0.3 is 0 Å². The van der Waals surface area contributed by atoms with Gasteiger partial charge in [0.1, 0.15) is 5.75 Å². The van der Waals surface area contributed by atoms with Crippen LogP contribution < -0.4 is 9.64 Å². The molecule has 1 heterocycles. The SMILES string of the molecule is CCOc1ccc(N2CC(CCO)CC2(C)C)cc1. The first kappa shape index (κ1) is 14.2. The van der Waals surface area contributed by atoms with E-state index in [0.29, 0.717) is 12.5 Å². The molecule has 1 N–H and O–H groups in total. The molecule has 1 atom stereocenters. The molecule has 1 aromatic carbocycles. The highest BCUT2D eigenvalue weighted by Gasteiger charge is 2.37. The molecule has 19 heavy (non-hydrogen) atoms. The van der Waals surface area contributed by atoms with Crippen molar-refractivity contribution in [3.63, 3.8) is 0 Å². The summed E-state index contributed by atoms with van der Waals surface area (Å²) in [6, 6.07) is 8.34. The van der Waals surface area contributed by atoms with Gasteiger partial charge in [0.05, 0.1) is 6.61 Å². The largest absolute Gasteiger partial charge is 0.494 e. The van der Waals surface area contributed by atoms with Gasteiger partial charge in [-0.3, -0.25) is 0 Å². The maximum Gasteiger partial charge on any atom is 0.119 e. The average molecular weight is 263 g/mol. The summed E-state index contributed by atoms with van der Waals surface area (Å²) in [5.74, 6) is 1.52. The quantitative estimate of drug-likeness (QED) is 0.886. The fourth-order valence-electron chi connectivity index (χ4n) is 3.11. The third-order valence-corrected chi connectivity index (χ3v) is 3.96. The van der Waals surface area contributed by atoms with Crippen molar-refractivity contribution in [1.29, 1.82) is 0 Å². The van der Waals surface area contributed by atoms with Crippen molar-refractivity contribution in [3.8, 4) is 5.75 Å². The average Bonchev–Trinajstić information content (AvgIpc) is 2.66. The molecule has 0 amide bonds. The van der Waals surface area contributed by atoms with Crippen molar-refractivity contribution in [2.75, 3.05) is 24.7 Å². The molecule has 0 aliphatic carbocycles. The van der Waals surface area contributed by atoms with Crippen LogP contribution in [0.1, 0.15) is 33.6 Å². The van der Waals surface area contributed by atoms with Gasteiger partial charge < -0.3 is 14.7 Å². The van der Waals surface area contributed by atoms with Crippen LogP contribution >= 0.6 is 0 Å². The summed E-state index contributed by atoms with van der Waals surface area (Å²) < 4.78 is 5.48. The van der Waals surface area contributed by atoms with Crippen LogP contribution in [-0.4, -0.2) is 30.4 Å². The molecular formula is C16H25NO2. The van der Waals surface area contributed by atoms with E-state index in [1.54, 1.807) is 0 Å². The first-order valence-electron chi connectivity index (χ1n) is 7.18. The summed E-state index contributed by atoms with van der Waals surface area (Å²) >= 11 is 0. The Morgan fingerprint density at radius 3 is 2.58 bits per heavy atom. The minimum Gasteiger partial charge on any atom is -0.494 e. The van der Waals surface area contributed by atoms with Crippen LogP contribution in [0.15, 0.2) is 24.3 Å². The van der Waals surface area contributed by atoms with E-state index in [1.807, 2.05) is 19.1 Å². The topological polar surface area (TPSA) is 32.7 Å². The monoisotopic (exact) mass is 263 g/mol. The third kappa shape index (κ3) is 3.21. The molecule has 1 fully saturated rings. The number of anilines is 1. The van der Waals surface area contributed by atoms with Crippen LogP contribution in [-0.2, 0) is 0 Å². The molecule has 3 heteroatoms. The molecular weight excluding hydrogens is 238 g/mol. The Hall–Kier alpha value is -1.22. The standard InChI is InChI=1S/C16H25NO2/c1-4-19-15-7-5-14(6-8-15)17-12-13(9-10-18)11-16(17,2)3/h5-8,13,18H,4,9-12H2,1-3H3. The Kier molecular flexibility index (Phi) is 4.35. The molecule has 1 unspecified atom stereocenters. The Labute approximate surface area is 116 Å². The summed E-state index contributed by atoms with van der Waals surface area (Å²) in [5.41, 5.74) is 1.40. The normalized spacial score (nSPS) is 21.7. The smallest absolute Gasteiger partial charge is 0.119 e. The molecule has 1 aliphatic heterocycles. The molecule has 0 bridgehead atoms. The summed E-state index contributed by atoms with van der Waals surface area (Å²) in [6.45, 7) is 8.57. The van der Waals surface area contributed by atoms with Crippen LogP contribution in [0, 0.1) is 5.92 Å². The molecule has 106 valence electrons. The molecule has 3 nitrogen and oxygen atoms in total. The number of aliphatic hydroxyl groups is 1. The van der Waals surface area contributed by atoms with Crippen LogP contribution in [0.4, 0.5) is 5.69 Å². The van der Waals surface area contributed by atoms with Crippen molar-refractivity contribution in [3.05, 3.63) is 24.3 Å². The summed E-state index contributed by atoms with van der Waals surface area (Å²) in [4.78, 5) is 2.45. The third-order valence-electron chi connectivity index (χ3n) is 3.96. The second-order valence-corrected chi connectivity index (χ2v) is 5.93. The first-order chi connectivity index (χ1) is 9.06. The van der Waals surface area contributed by atoms with Gasteiger partial charge in [-0.15, -0.1) is 0 Å². The fourth-order valence-corrected chi connectivity index (χ4v) is 3.11. The van der Waals surface area contributed by atoms with Gasteiger partial charge in [-0.25, -0.2) is 0 Å². The number of nitrogens with zero attached hydrogens (tertiary/aromatic N) is 1. The highest BCUT2D eigenvalue weighted by atomic mass is 16.5. The molecule has 1 saturated heterocycles. The van der Waals surface area contributed by atoms with E-state index >= 15 is 0 Å². The highest BCUT2D eigenvalue weighted by molar-refractivity contribution is 5.52. The van der Waals surface area contributed by atoms with Crippen LogP contribution in [0.25, 0.3) is 0 Å². The lowest BCUT2D eigenvalue weighted by Crippen LogP contribution is -2.38. The zero-order valence-electron chi connectivity index (χ0n) is 12.2. The molecule has 1 aromatic rings. The molecule has 2 rings (SSSR count). The second kappa shape index (κ2) is 5.83. The van der Waals surface area contributed by atoms with Crippen LogP contribution in [0.5, 0.6) is 5.75 Å². The minimum absolute atomic E-state index is 0.160. The van der Waals surface area contributed by atoms with Gasteiger partial charge in [0.25, 0.3) is 0 Å². The Morgan fingerprint density at radius 1 is 1.32 bits per heavy atom. The Balaban J connectivity index is 2.11. The van der Waals surface area contributed by atoms with Crippen molar-refractivity contribution in [2.24, 2.45) is 5.92 Å². The zero-order valence-corrected chi connectivity index (χ0v) is 12.2. The Morgan fingerprint density at radius 2 is 2.00 bits per heavy atom. The van der Waals surface area contributed by atoms with E-state index in [1.165, 1.54) is 5.69 Å². The fraction of sp³-hybridized carbons (Fsp3) is 0.625. The van der Waals surface area contributed by atoms with Crippen LogP contribution in [0.3, 0.4) is 0 Å². The second-order valence-electron chi connectivity index (χ2n) is 5.93. The van der Waals surface area contributed by atoms with Gasteiger partial charge in [-0.2, -0.15) is 0 Å². The number of hydrogen-bond acceptors (Lipinski definition) is 3. The maximum atomic E-state index is 9.11. The summed E-state index contributed by atoms with van der Waals surface area (Å²) in [7, 11) is 0.